The van der Waals surface area contributed by atoms with Crippen molar-refractivity contribution < 1.29 is 9.90 Å². The van der Waals surface area contributed by atoms with E-state index in [0.717, 1.165) is 11.5 Å². The highest BCUT2D eigenvalue weighted by Crippen LogP contribution is 2.23. The first-order valence-corrected chi connectivity index (χ1v) is 4.66. The molecule has 0 aliphatic rings. The molecular formula is C9H6N2O2S. The number of hydrogen-bond acceptors (Lipinski definition) is 4. The van der Waals surface area contributed by atoms with Crippen LogP contribution in [0.1, 0.15) is 9.67 Å². The topological polar surface area (TPSA) is 63.1 Å². The van der Waals surface area contributed by atoms with Crippen molar-refractivity contribution in [3.63, 3.8) is 0 Å². The minimum Gasteiger partial charge on any atom is -0.477 e. The minimum absolute atomic E-state index is 0.226. The summed E-state index contributed by atoms with van der Waals surface area (Å²) in [5, 5.41) is 8.86. The van der Waals surface area contributed by atoms with Crippen LogP contribution >= 0.6 is 11.5 Å². The van der Waals surface area contributed by atoms with E-state index in [1.807, 2.05) is 6.07 Å². The van der Waals surface area contributed by atoms with Gasteiger partial charge in [0.25, 0.3) is 0 Å². The molecule has 2 aromatic heterocycles. The fourth-order valence-electron chi connectivity index (χ4n) is 1.10. The second kappa shape index (κ2) is 3.55. The molecule has 2 aromatic rings. The Morgan fingerprint density at radius 1 is 1.43 bits per heavy atom. The number of carboxylic acids is 1. The summed E-state index contributed by atoms with van der Waals surface area (Å²) in [7, 11) is 0. The Kier molecular flexibility index (Phi) is 2.24. The van der Waals surface area contributed by atoms with Gasteiger partial charge in [-0.05, 0) is 23.7 Å². The molecule has 4 nitrogen and oxygen atoms in total. The normalized spacial score (nSPS) is 10.0. The van der Waals surface area contributed by atoms with Gasteiger partial charge in [-0.15, -0.1) is 0 Å². The third-order valence-electron chi connectivity index (χ3n) is 1.71. The number of rotatable bonds is 2. The van der Waals surface area contributed by atoms with Gasteiger partial charge in [-0.2, -0.15) is 4.37 Å². The molecule has 5 heteroatoms. The molecule has 70 valence electrons. The third kappa shape index (κ3) is 1.49. The van der Waals surface area contributed by atoms with Crippen molar-refractivity contribution in [2.24, 2.45) is 0 Å². The highest BCUT2D eigenvalue weighted by molar-refractivity contribution is 7.08. The van der Waals surface area contributed by atoms with Crippen molar-refractivity contribution >= 4 is 17.5 Å². The van der Waals surface area contributed by atoms with Gasteiger partial charge < -0.3 is 5.11 Å². The van der Waals surface area contributed by atoms with Gasteiger partial charge in [0.2, 0.25) is 0 Å². The van der Waals surface area contributed by atoms with E-state index in [4.69, 9.17) is 5.11 Å². The zero-order valence-electron chi connectivity index (χ0n) is 7.04. The van der Waals surface area contributed by atoms with Gasteiger partial charge in [0.1, 0.15) is 4.88 Å². The zero-order chi connectivity index (χ0) is 9.97. The Bertz CT molecular complexity index is 453. The lowest BCUT2D eigenvalue weighted by Gasteiger charge is -1.96. The fraction of sp³-hybridized carbons (Fsp3) is 0. The van der Waals surface area contributed by atoms with Gasteiger partial charge in [-0.25, -0.2) is 4.79 Å². The SMILES string of the molecule is O=C(O)c1sncc1-c1ccccn1. The number of carboxylic acid groups (broad SMARTS) is 1. The molecule has 0 amide bonds. The van der Waals surface area contributed by atoms with Crippen LogP contribution in [0.3, 0.4) is 0 Å². The van der Waals surface area contributed by atoms with Gasteiger partial charge in [0.15, 0.2) is 0 Å². The van der Waals surface area contributed by atoms with Gasteiger partial charge >= 0.3 is 5.97 Å². The molecule has 0 bridgehead atoms. The summed E-state index contributed by atoms with van der Waals surface area (Å²) in [6, 6.07) is 5.35. The van der Waals surface area contributed by atoms with Crippen LogP contribution in [0.2, 0.25) is 0 Å². The van der Waals surface area contributed by atoms with Crippen molar-refractivity contribution in [2.75, 3.05) is 0 Å². The molecule has 0 aliphatic heterocycles. The number of carbonyl (C=O) groups is 1. The first-order valence-electron chi connectivity index (χ1n) is 3.88. The van der Waals surface area contributed by atoms with E-state index in [1.54, 1.807) is 18.3 Å². The van der Waals surface area contributed by atoms with Crippen LogP contribution in [0.4, 0.5) is 0 Å². The van der Waals surface area contributed by atoms with Crippen molar-refractivity contribution in [2.45, 2.75) is 0 Å². The van der Waals surface area contributed by atoms with E-state index in [2.05, 4.69) is 9.36 Å². The second-order valence-electron chi connectivity index (χ2n) is 2.59. The van der Waals surface area contributed by atoms with Crippen molar-refractivity contribution in [1.82, 2.24) is 9.36 Å². The van der Waals surface area contributed by atoms with E-state index in [-0.39, 0.29) is 4.88 Å². The quantitative estimate of drug-likeness (QED) is 0.815. The van der Waals surface area contributed by atoms with Gasteiger partial charge in [0.05, 0.1) is 11.9 Å². The maximum atomic E-state index is 10.8. The summed E-state index contributed by atoms with van der Waals surface area (Å²) in [6.45, 7) is 0. The fourth-order valence-corrected chi connectivity index (χ4v) is 1.70. The van der Waals surface area contributed by atoms with Crippen molar-refractivity contribution in [3.8, 4) is 11.3 Å². The Balaban J connectivity index is 2.52. The molecule has 2 heterocycles. The highest BCUT2D eigenvalue weighted by atomic mass is 32.1. The molecule has 0 fully saturated rings. The Morgan fingerprint density at radius 3 is 2.93 bits per heavy atom. The molecule has 1 N–H and O–H groups in total. The van der Waals surface area contributed by atoms with Crippen LogP contribution in [0.25, 0.3) is 11.3 Å². The molecule has 14 heavy (non-hydrogen) atoms. The average Bonchev–Trinajstić information content (AvgIpc) is 2.67. The first kappa shape index (κ1) is 8.83. The predicted octanol–water partition coefficient (Wildman–Crippen LogP) is 1.90. The average molecular weight is 206 g/mol. The van der Waals surface area contributed by atoms with Crippen LogP contribution in [-0.4, -0.2) is 20.4 Å². The monoisotopic (exact) mass is 206 g/mol. The molecule has 0 radical (unpaired) electrons. The van der Waals surface area contributed by atoms with Crippen LogP contribution in [0, 0.1) is 0 Å². The number of nitrogens with zero attached hydrogens (tertiary/aromatic N) is 2. The summed E-state index contributed by atoms with van der Waals surface area (Å²) < 4.78 is 3.84. The summed E-state index contributed by atoms with van der Waals surface area (Å²) >= 11 is 0.963. The lowest BCUT2D eigenvalue weighted by Crippen LogP contribution is -1.95. The highest BCUT2D eigenvalue weighted by Gasteiger charge is 2.14. The molecule has 0 saturated heterocycles. The largest absolute Gasteiger partial charge is 0.477 e. The number of pyridine rings is 1. The maximum Gasteiger partial charge on any atom is 0.348 e. The smallest absolute Gasteiger partial charge is 0.348 e. The molecule has 0 aliphatic carbocycles. The van der Waals surface area contributed by atoms with Crippen LogP contribution in [0.15, 0.2) is 30.6 Å². The van der Waals surface area contributed by atoms with Gasteiger partial charge in [-0.3, -0.25) is 4.98 Å². The lowest BCUT2D eigenvalue weighted by atomic mass is 10.2. The van der Waals surface area contributed by atoms with Crippen LogP contribution in [0.5, 0.6) is 0 Å². The van der Waals surface area contributed by atoms with E-state index in [1.165, 1.54) is 6.20 Å². The summed E-state index contributed by atoms with van der Waals surface area (Å²) in [6.07, 6.45) is 3.15. The second-order valence-corrected chi connectivity index (χ2v) is 3.39. The number of hydrogen-bond donors (Lipinski definition) is 1. The van der Waals surface area contributed by atoms with E-state index in [0.29, 0.717) is 11.3 Å². The van der Waals surface area contributed by atoms with Gasteiger partial charge in [-0.1, -0.05) is 6.07 Å². The van der Waals surface area contributed by atoms with E-state index >= 15 is 0 Å². The standard InChI is InChI=1S/C9H6N2O2S/c12-9(13)8-6(5-11-14-8)7-3-1-2-4-10-7/h1-5H,(H,12,13). The Hall–Kier alpha value is -1.75. The van der Waals surface area contributed by atoms with Crippen LogP contribution < -0.4 is 0 Å². The third-order valence-corrected chi connectivity index (χ3v) is 2.49. The number of aromatic carboxylic acids is 1. The summed E-state index contributed by atoms with van der Waals surface area (Å²) in [5.74, 6) is -0.965. The van der Waals surface area contributed by atoms with Gasteiger partial charge in [0, 0.05) is 11.8 Å². The Morgan fingerprint density at radius 2 is 2.29 bits per heavy atom. The van der Waals surface area contributed by atoms with E-state index in [9.17, 15) is 4.79 Å². The maximum absolute atomic E-state index is 10.8. The lowest BCUT2D eigenvalue weighted by molar-refractivity contribution is 0.0703. The summed E-state index contributed by atoms with van der Waals surface area (Å²) in [4.78, 5) is 15.1. The molecule has 2 rings (SSSR count). The molecule has 0 unspecified atom stereocenters. The minimum atomic E-state index is -0.965. The molecular weight excluding hydrogens is 200 g/mol. The number of aromatic nitrogens is 2. The molecule has 0 aromatic carbocycles. The van der Waals surface area contributed by atoms with Crippen molar-refractivity contribution in [3.05, 3.63) is 35.5 Å². The van der Waals surface area contributed by atoms with Crippen molar-refractivity contribution in [1.29, 1.82) is 0 Å². The van der Waals surface area contributed by atoms with E-state index < -0.39 is 5.97 Å². The summed E-state index contributed by atoms with van der Waals surface area (Å²) in [5.41, 5.74) is 1.21. The van der Waals surface area contributed by atoms with Crippen LogP contribution in [-0.2, 0) is 0 Å². The first-order chi connectivity index (χ1) is 6.79. The zero-order valence-corrected chi connectivity index (χ0v) is 7.86. The molecule has 0 spiro atoms. The Labute approximate surface area is 84.0 Å². The molecule has 0 atom stereocenters. The predicted molar refractivity (Wildman–Crippen MR) is 52.3 cm³/mol. The molecule has 0 saturated carbocycles.